The third-order valence-corrected chi connectivity index (χ3v) is 7.92. The molecule has 0 bridgehead atoms. The van der Waals surface area contributed by atoms with Gasteiger partial charge in [0.2, 0.25) is 0 Å². The molecule has 6 atom stereocenters. The number of ether oxygens (including phenoxy) is 6. The van der Waals surface area contributed by atoms with Crippen molar-refractivity contribution in [1.82, 2.24) is 0 Å². The molecule has 4 aromatic carbocycles. The van der Waals surface area contributed by atoms with E-state index in [1.165, 1.54) is 0 Å². The van der Waals surface area contributed by atoms with Gasteiger partial charge in [-0.3, -0.25) is 0 Å². The minimum absolute atomic E-state index is 0.398. The molecule has 224 valence electrons. The normalized spacial score (nSPS) is 26.2. The maximum atomic E-state index is 6.76. The molecular weight excluding hydrogens is 540 g/mol. The van der Waals surface area contributed by atoms with Gasteiger partial charge in [0.1, 0.15) is 36.6 Å². The Hall–Kier alpha value is -3.36. The second-order valence-electron chi connectivity index (χ2n) is 11.6. The molecule has 6 rings (SSSR count). The minimum Gasteiger partial charge on any atom is -0.368 e. The van der Waals surface area contributed by atoms with Crippen LogP contribution in [0.25, 0.3) is 0 Å². The van der Waals surface area contributed by atoms with Crippen LogP contribution in [0.5, 0.6) is 0 Å². The van der Waals surface area contributed by atoms with E-state index in [1.54, 1.807) is 0 Å². The van der Waals surface area contributed by atoms with Crippen molar-refractivity contribution in [3.8, 4) is 0 Å². The maximum absolute atomic E-state index is 6.76. The zero-order valence-electron chi connectivity index (χ0n) is 24.8. The highest BCUT2D eigenvalue weighted by molar-refractivity contribution is 5.18. The molecule has 4 aromatic rings. The van der Waals surface area contributed by atoms with Gasteiger partial charge in [-0.05, 0) is 36.1 Å². The second-order valence-corrected chi connectivity index (χ2v) is 11.6. The van der Waals surface area contributed by atoms with E-state index in [0.29, 0.717) is 26.4 Å². The van der Waals surface area contributed by atoms with E-state index in [9.17, 15) is 0 Å². The molecule has 2 aliphatic rings. The SMILES string of the molecule is CC1(C)O[C@@H]2[C@@H](OCc3ccccc3)[C@H](OCc3ccccc3)[C@@H](OCc3ccccc3)[C@@H](OCc3ccccc3)[C@@H]2O1. The van der Waals surface area contributed by atoms with Gasteiger partial charge in [0, 0.05) is 0 Å². The number of rotatable bonds is 12. The number of benzene rings is 4. The standard InChI is InChI=1S/C37H40O6/c1-37(2)42-35-33(40-25-29-19-11-5-12-20-29)31(38-23-27-15-7-3-8-16-27)32(39-24-28-17-9-4-10-18-28)34(36(35)43-37)41-26-30-21-13-6-14-22-30/h3-22,31-36H,23-26H2,1-2H3/t31-,32-,33-,34+,35+,36-/m1/s1. The van der Waals surface area contributed by atoms with E-state index < -0.39 is 42.4 Å². The molecule has 0 spiro atoms. The van der Waals surface area contributed by atoms with Crippen LogP contribution in [0, 0.1) is 0 Å². The number of hydrogen-bond acceptors (Lipinski definition) is 6. The Morgan fingerprint density at radius 3 is 0.953 bits per heavy atom. The zero-order valence-corrected chi connectivity index (χ0v) is 24.8. The lowest BCUT2D eigenvalue weighted by Crippen LogP contribution is -2.65. The lowest BCUT2D eigenvalue weighted by atomic mass is 9.84. The Balaban J connectivity index is 1.34. The third kappa shape index (κ3) is 7.60. The summed E-state index contributed by atoms with van der Waals surface area (Å²) in [6.07, 6.45) is -2.76. The summed E-state index contributed by atoms with van der Waals surface area (Å²) >= 11 is 0. The first kappa shape index (κ1) is 29.7. The largest absolute Gasteiger partial charge is 0.368 e. The first-order chi connectivity index (χ1) is 21.1. The quantitative estimate of drug-likeness (QED) is 0.183. The molecule has 6 heteroatoms. The first-order valence-corrected chi connectivity index (χ1v) is 15.0. The molecule has 43 heavy (non-hydrogen) atoms. The Morgan fingerprint density at radius 2 is 0.674 bits per heavy atom. The third-order valence-electron chi connectivity index (χ3n) is 7.92. The summed E-state index contributed by atoms with van der Waals surface area (Å²) in [4.78, 5) is 0. The number of hydrogen-bond donors (Lipinski definition) is 0. The molecule has 0 radical (unpaired) electrons. The van der Waals surface area contributed by atoms with Gasteiger partial charge in [-0.2, -0.15) is 0 Å². The Morgan fingerprint density at radius 1 is 0.419 bits per heavy atom. The summed E-state index contributed by atoms with van der Waals surface area (Å²) < 4.78 is 40.1. The van der Waals surface area contributed by atoms with Crippen molar-refractivity contribution in [3.63, 3.8) is 0 Å². The van der Waals surface area contributed by atoms with Crippen LogP contribution >= 0.6 is 0 Å². The van der Waals surface area contributed by atoms with E-state index in [4.69, 9.17) is 28.4 Å². The fourth-order valence-corrected chi connectivity index (χ4v) is 5.90. The summed E-state index contributed by atoms with van der Waals surface area (Å²) in [5, 5.41) is 0. The monoisotopic (exact) mass is 580 g/mol. The van der Waals surface area contributed by atoms with Crippen LogP contribution in [-0.2, 0) is 54.8 Å². The van der Waals surface area contributed by atoms with Crippen LogP contribution in [0.4, 0.5) is 0 Å². The minimum atomic E-state index is -0.823. The summed E-state index contributed by atoms with van der Waals surface area (Å²) in [5.74, 6) is -0.823. The molecular formula is C37H40O6. The molecule has 1 saturated carbocycles. The fraction of sp³-hybridized carbons (Fsp3) is 0.351. The van der Waals surface area contributed by atoms with Gasteiger partial charge in [-0.25, -0.2) is 0 Å². The molecule has 6 nitrogen and oxygen atoms in total. The molecule has 0 amide bonds. The van der Waals surface area contributed by atoms with Gasteiger partial charge in [0.05, 0.1) is 26.4 Å². The van der Waals surface area contributed by atoms with Crippen molar-refractivity contribution in [2.45, 2.75) is 82.7 Å². The summed E-state index contributed by atoms with van der Waals surface area (Å²) in [7, 11) is 0. The molecule has 0 unspecified atom stereocenters. The highest BCUT2D eigenvalue weighted by Crippen LogP contribution is 2.42. The molecule has 0 N–H and O–H groups in total. The van der Waals surface area contributed by atoms with Crippen molar-refractivity contribution in [2.75, 3.05) is 0 Å². The second kappa shape index (κ2) is 14.0. The summed E-state index contributed by atoms with van der Waals surface area (Å²) in [6.45, 7) is 5.49. The summed E-state index contributed by atoms with van der Waals surface area (Å²) in [6, 6.07) is 40.7. The van der Waals surface area contributed by atoms with E-state index >= 15 is 0 Å². The lowest BCUT2D eigenvalue weighted by molar-refractivity contribution is -0.252. The average Bonchev–Trinajstić information content (AvgIpc) is 3.37. The first-order valence-electron chi connectivity index (χ1n) is 15.0. The molecule has 0 aromatic heterocycles. The van der Waals surface area contributed by atoms with Crippen molar-refractivity contribution < 1.29 is 28.4 Å². The Labute approximate surface area is 254 Å². The van der Waals surface area contributed by atoms with Crippen LogP contribution in [0.1, 0.15) is 36.1 Å². The van der Waals surface area contributed by atoms with Gasteiger partial charge in [0.25, 0.3) is 0 Å². The van der Waals surface area contributed by atoms with Crippen molar-refractivity contribution >= 4 is 0 Å². The molecule has 1 aliphatic heterocycles. The van der Waals surface area contributed by atoms with Gasteiger partial charge in [-0.1, -0.05) is 121 Å². The topological polar surface area (TPSA) is 55.4 Å². The lowest BCUT2D eigenvalue weighted by Gasteiger charge is -2.46. The van der Waals surface area contributed by atoms with E-state index in [-0.39, 0.29) is 0 Å². The van der Waals surface area contributed by atoms with Gasteiger partial charge in [-0.15, -0.1) is 0 Å². The molecule has 1 heterocycles. The van der Waals surface area contributed by atoms with E-state index in [1.807, 2.05) is 86.6 Å². The number of fused-ring (bicyclic) bond motifs is 1. The van der Waals surface area contributed by atoms with E-state index in [0.717, 1.165) is 22.3 Å². The highest BCUT2D eigenvalue weighted by atomic mass is 16.8. The van der Waals surface area contributed by atoms with Crippen LogP contribution in [0.3, 0.4) is 0 Å². The smallest absolute Gasteiger partial charge is 0.164 e. The Kier molecular flexibility index (Phi) is 9.64. The van der Waals surface area contributed by atoms with Crippen LogP contribution in [0.2, 0.25) is 0 Å². The highest BCUT2D eigenvalue weighted by Gasteiger charge is 2.60. The molecule has 1 aliphatic carbocycles. The van der Waals surface area contributed by atoms with Gasteiger partial charge in [0.15, 0.2) is 5.79 Å². The predicted molar refractivity (Wildman–Crippen MR) is 164 cm³/mol. The fourth-order valence-electron chi connectivity index (χ4n) is 5.90. The summed E-state index contributed by atoms with van der Waals surface area (Å²) in [5.41, 5.74) is 4.28. The van der Waals surface area contributed by atoms with Gasteiger partial charge >= 0.3 is 0 Å². The predicted octanol–water partition coefficient (Wildman–Crippen LogP) is 6.86. The zero-order chi connectivity index (χ0) is 29.5. The van der Waals surface area contributed by atoms with Crippen molar-refractivity contribution in [3.05, 3.63) is 144 Å². The average molecular weight is 581 g/mol. The van der Waals surface area contributed by atoms with Crippen molar-refractivity contribution in [2.24, 2.45) is 0 Å². The van der Waals surface area contributed by atoms with Crippen LogP contribution in [-0.4, -0.2) is 42.4 Å². The van der Waals surface area contributed by atoms with Crippen LogP contribution in [0.15, 0.2) is 121 Å². The molecule has 1 saturated heterocycles. The van der Waals surface area contributed by atoms with Crippen molar-refractivity contribution in [1.29, 1.82) is 0 Å². The van der Waals surface area contributed by atoms with Crippen LogP contribution < -0.4 is 0 Å². The van der Waals surface area contributed by atoms with E-state index in [2.05, 4.69) is 48.5 Å². The molecule has 2 fully saturated rings. The maximum Gasteiger partial charge on any atom is 0.164 e. The van der Waals surface area contributed by atoms with Gasteiger partial charge < -0.3 is 28.4 Å². The Bertz CT molecular complexity index is 1280.